The molecular weight excluding hydrogens is 296 g/mol. The molecule has 4 N–H and O–H groups in total. The molecule has 3 aromatic rings. The van der Waals surface area contributed by atoms with Crippen molar-refractivity contribution in [2.24, 2.45) is 10.9 Å². The molecule has 0 unspecified atom stereocenters. The first kappa shape index (κ1) is 14.6. The molecule has 2 heterocycles. The maximum Gasteiger partial charge on any atom is 0.259 e. The summed E-state index contributed by atoms with van der Waals surface area (Å²) in [4.78, 5) is 19.1. The predicted octanol–water partition coefficient (Wildman–Crippen LogP) is 1.69. The zero-order valence-electron chi connectivity index (χ0n) is 12.3. The molecular formula is C16H14N4O3. The van der Waals surface area contributed by atoms with Crippen LogP contribution in [0.5, 0.6) is 5.75 Å². The first-order valence-electron chi connectivity index (χ1n) is 6.78. The Balaban J connectivity index is 2.31. The topological polar surface area (TPSA) is 114 Å². The molecule has 0 amide bonds. The van der Waals surface area contributed by atoms with Gasteiger partial charge in [0, 0.05) is 17.1 Å². The smallest absolute Gasteiger partial charge is 0.259 e. The van der Waals surface area contributed by atoms with Gasteiger partial charge in [0.25, 0.3) is 5.56 Å². The fraction of sp³-hybridized carbons (Fsp3) is 0.0625. The third-order valence-corrected chi connectivity index (χ3v) is 3.50. The Morgan fingerprint density at radius 3 is 2.91 bits per heavy atom. The predicted molar refractivity (Wildman–Crippen MR) is 86.9 cm³/mol. The largest absolute Gasteiger partial charge is 0.497 e. The van der Waals surface area contributed by atoms with Crippen LogP contribution in [0.25, 0.3) is 22.2 Å². The van der Waals surface area contributed by atoms with E-state index in [9.17, 15) is 4.79 Å². The van der Waals surface area contributed by atoms with Crippen molar-refractivity contribution >= 4 is 16.7 Å². The van der Waals surface area contributed by atoms with Crippen LogP contribution in [-0.2, 0) is 0 Å². The Morgan fingerprint density at radius 1 is 1.35 bits per heavy atom. The van der Waals surface area contributed by atoms with Crippen LogP contribution in [0.4, 0.5) is 0 Å². The summed E-state index contributed by atoms with van der Waals surface area (Å²) in [6.07, 6.45) is 1.61. The van der Waals surface area contributed by atoms with E-state index in [-0.39, 0.29) is 11.4 Å². The second kappa shape index (κ2) is 5.80. The van der Waals surface area contributed by atoms with Crippen molar-refractivity contribution in [1.82, 2.24) is 9.97 Å². The van der Waals surface area contributed by atoms with Crippen LogP contribution < -0.4 is 16.0 Å². The summed E-state index contributed by atoms with van der Waals surface area (Å²) in [6.45, 7) is 0. The van der Waals surface area contributed by atoms with Crippen molar-refractivity contribution < 1.29 is 9.94 Å². The second-order valence-electron chi connectivity index (χ2n) is 4.85. The number of amidine groups is 1. The highest BCUT2D eigenvalue weighted by atomic mass is 16.5. The number of H-pyrrole nitrogens is 1. The number of aromatic amines is 1. The summed E-state index contributed by atoms with van der Waals surface area (Å²) in [5.41, 5.74) is 7.30. The van der Waals surface area contributed by atoms with Gasteiger partial charge in [-0.05, 0) is 24.3 Å². The van der Waals surface area contributed by atoms with Crippen molar-refractivity contribution in [3.05, 3.63) is 58.5 Å². The van der Waals surface area contributed by atoms with Crippen molar-refractivity contribution in [3.63, 3.8) is 0 Å². The SMILES string of the molecule is COc1cccc(-c2nccc3[nH]c(=O)c(C(N)=NO)cc23)c1. The Kier molecular flexibility index (Phi) is 3.68. The van der Waals surface area contributed by atoms with E-state index < -0.39 is 5.56 Å². The van der Waals surface area contributed by atoms with Crippen LogP contribution in [0.2, 0.25) is 0 Å². The van der Waals surface area contributed by atoms with E-state index in [1.165, 1.54) is 0 Å². The second-order valence-corrected chi connectivity index (χ2v) is 4.85. The minimum absolute atomic E-state index is 0.0807. The molecule has 0 atom stereocenters. The molecule has 0 saturated carbocycles. The van der Waals surface area contributed by atoms with E-state index in [0.29, 0.717) is 22.3 Å². The van der Waals surface area contributed by atoms with E-state index in [4.69, 9.17) is 15.7 Å². The molecule has 0 aliphatic rings. The van der Waals surface area contributed by atoms with Gasteiger partial charge in [0.2, 0.25) is 0 Å². The van der Waals surface area contributed by atoms with Crippen LogP contribution in [0.15, 0.2) is 52.5 Å². The quantitative estimate of drug-likeness (QED) is 0.295. The number of fused-ring (bicyclic) bond motifs is 1. The van der Waals surface area contributed by atoms with E-state index in [1.807, 2.05) is 24.3 Å². The average molecular weight is 310 g/mol. The van der Waals surface area contributed by atoms with Crippen molar-refractivity contribution in [1.29, 1.82) is 0 Å². The van der Waals surface area contributed by atoms with Gasteiger partial charge in [0.1, 0.15) is 5.75 Å². The molecule has 0 bridgehead atoms. The number of pyridine rings is 2. The highest BCUT2D eigenvalue weighted by Gasteiger charge is 2.12. The number of hydrogen-bond acceptors (Lipinski definition) is 5. The van der Waals surface area contributed by atoms with Crippen LogP contribution in [0.1, 0.15) is 5.56 Å². The lowest BCUT2D eigenvalue weighted by atomic mass is 10.0. The van der Waals surface area contributed by atoms with Gasteiger partial charge in [-0.2, -0.15) is 0 Å². The Labute approximate surface area is 131 Å². The number of ether oxygens (including phenoxy) is 1. The van der Waals surface area contributed by atoms with Crippen molar-refractivity contribution in [2.45, 2.75) is 0 Å². The molecule has 0 fully saturated rings. The Bertz CT molecular complexity index is 963. The molecule has 0 saturated heterocycles. The van der Waals surface area contributed by atoms with Gasteiger partial charge in [-0.25, -0.2) is 0 Å². The minimum Gasteiger partial charge on any atom is -0.497 e. The molecule has 0 aliphatic carbocycles. The zero-order valence-corrected chi connectivity index (χ0v) is 12.3. The molecule has 3 rings (SSSR count). The monoisotopic (exact) mass is 310 g/mol. The Morgan fingerprint density at radius 2 is 2.17 bits per heavy atom. The van der Waals surface area contributed by atoms with Gasteiger partial charge in [0.15, 0.2) is 5.84 Å². The van der Waals surface area contributed by atoms with Crippen LogP contribution in [0, 0.1) is 0 Å². The Hall–Kier alpha value is -3.35. The number of benzene rings is 1. The van der Waals surface area contributed by atoms with E-state index >= 15 is 0 Å². The summed E-state index contributed by atoms with van der Waals surface area (Å²) in [6, 6.07) is 10.7. The number of nitrogens with one attached hydrogen (secondary N) is 1. The number of hydrogen-bond donors (Lipinski definition) is 3. The van der Waals surface area contributed by atoms with Gasteiger partial charge in [-0.3, -0.25) is 9.78 Å². The number of nitrogens with zero attached hydrogens (tertiary/aromatic N) is 2. The van der Waals surface area contributed by atoms with Crippen molar-refractivity contribution in [2.75, 3.05) is 7.11 Å². The molecule has 7 nitrogen and oxygen atoms in total. The standard InChI is InChI=1S/C16H14N4O3/c1-23-10-4-2-3-9(7-10)14-11-8-12(15(17)20-22)16(21)19-13(11)5-6-18-14/h2-8,22H,1H3,(H2,17,20)(H,19,21). The van der Waals surface area contributed by atoms with Crippen LogP contribution in [-0.4, -0.2) is 28.1 Å². The highest BCUT2D eigenvalue weighted by molar-refractivity contribution is 6.02. The summed E-state index contributed by atoms with van der Waals surface area (Å²) in [5.74, 6) is 0.441. The summed E-state index contributed by atoms with van der Waals surface area (Å²) < 4.78 is 5.23. The van der Waals surface area contributed by atoms with Gasteiger partial charge < -0.3 is 20.7 Å². The number of oxime groups is 1. The average Bonchev–Trinajstić information content (AvgIpc) is 2.59. The number of aromatic nitrogens is 2. The lowest BCUT2D eigenvalue weighted by Crippen LogP contribution is -2.24. The summed E-state index contributed by atoms with van der Waals surface area (Å²) in [5, 5.41) is 12.4. The number of methoxy groups -OCH3 is 1. The number of nitrogens with two attached hydrogens (primary N) is 1. The molecule has 0 spiro atoms. The minimum atomic E-state index is -0.435. The van der Waals surface area contributed by atoms with E-state index in [1.54, 1.807) is 25.4 Å². The molecule has 116 valence electrons. The molecule has 23 heavy (non-hydrogen) atoms. The summed E-state index contributed by atoms with van der Waals surface area (Å²) >= 11 is 0. The molecule has 7 heteroatoms. The third-order valence-electron chi connectivity index (χ3n) is 3.50. The lowest BCUT2D eigenvalue weighted by molar-refractivity contribution is 0.318. The normalized spacial score (nSPS) is 11.6. The lowest BCUT2D eigenvalue weighted by Gasteiger charge is -2.08. The first-order chi connectivity index (χ1) is 11.1. The zero-order chi connectivity index (χ0) is 16.4. The van der Waals surface area contributed by atoms with Crippen LogP contribution in [0.3, 0.4) is 0 Å². The maximum absolute atomic E-state index is 12.0. The van der Waals surface area contributed by atoms with Gasteiger partial charge in [0.05, 0.1) is 23.9 Å². The highest BCUT2D eigenvalue weighted by Crippen LogP contribution is 2.27. The van der Waals surface area contributed by atoms with Gasteiger partial charge in [-0.15, -0.1) is 0 Å². The van der Waals surface area contributed by atoms with Crippen LogP contribution >= 0.6 is 0 Å². The first-order valence-corrected chi connectivity index (χ1v) is 6.78. The third kappa shape index (κ3) is 2.59. The molecule has 0 aliphatic heterocycles. The van der Waals surface area contributed by atoms with E-state index in [2.05, 4.69) is 15.1 Å². The fourth-order valence-corrected chi connectivity index (χ4v) is 2.37. The summed E-state index contributed by atoms with van der Waals surface area (Å²) in [7, 11) is 1.59. The maximum atomic E-state index is 12.0. The van der Waals surface area contributed by atoms with Gasteiger partial charge >= 0.3 is 0 Å². The van der Waals surface area contributed by atoms with Gasteiger partial charge in [-0.1, -0.05) is 17.3 Å². The molecule has 0 radical (unpaired) electrons. The van der Waals surface area contributed by atoms with Crippen molar-refractivity contribution in [3.8, 4) is 17.0 Å². The molecule has 1 aromatic carbocycles. The van der Waals surface area contributed by atoms with E-state index in [0.717, 1.165) is 5.56 Å². The fourth-order valence-electron chi connectivity index (χ4n) is 2.37. The number of rotatable bonds is 3. The molecule has 2 aromatic heterocycles.